The van der Waals surface area contributed by atoms with E-state index in [1.54, 1.807) is 27.1 Å². The van der Waals surface area contributed by atoms with Crippen LogP contribution < -0.4 is 5.32 Å². The topological polar surface area (TPSA) is 95.7 Å². The fourth-order valence-corrected chi connectivity index (χ4v) is 1.75. The second-order valence-corrected chi connectivity index (χ2v) is 4.61. The number of hydrogen-bond acceptors (Lipinski definition) is 5. The molecule has 0 aliphatic rings. The summed E-state index contributed by atoms with van der Waals surface area (Å²) in [6.07, 6.45) is 0. The number of carboxylic acid groups (broad SMARTS) is 1. The van der Waals surface area contributed by atoms with Gasteiger partial charge in [-0.3, -0.25) is 4.79 Å². The number of nitrogens with one attached hydrogen (secondary N) is 1. The Labute approximate surface area is 115 Å². The number of oxazole rings is 1. The molecule has 0 fully saturated rings. The van der Waals surface area contributed by atoms with Crippen LogP contribution in [0.15, 0.2) is 22.6 Å². The van der Waals surface area contributed by atoms with Gasteiger partial charge in [-0.25, -0.2) is 4.79 Å². The van der Waals surface area contributed by atoms with E-state index in [0.29, 0.717) is 11.1 Å². The highest BCUT2D eigenvalue weighted by Gasteiger charge is 2.17. The molecule has 2 N–H and O–H groups in total. The number of rotatable bonds is 4. The molecule has 20 heavy (non-hydrogen) atoms. The fourth-order valence-electron chi connectivity index (χ4n) is 1.75. The maximum Gasteiger partial charge on any atom is 0.335 e. The van der Waals surface area contributed by atoms with Crippen LogP contribution in [-0.4, -0.2) is 47.0 Å². The zero-order chi connectivity index (χ0) is 14.9. The highest BCUT2D eigenvalue weighted by atomic mass is 16.4. The number of anilines is 1. The summed E-state index contributed by atoms with van der Waals surface area (Å²) in [4.78, 5) is 28.2. The molecule has 1 atom stereocenters. The SMILES string of the molecule is CC(Nc1nc2ccc(C(=O)O)cc2o1)C(=O)N(C)C. The maximum atomic E-state index is 11.7. The van der Waals surface area contributed by atoms with Crippen molar-refractivity contribution in [1.29, 1.82) is 0 Å². The maximum absolute atomic E-state index is 11.7. The summed E-state index contributed by atoms with van der Waals surface area (Å²) in [5, 5.41) is 11.7. The zero-order valence-corrected chi connectivity index (χ0v) is 11.4. The number of hydrogen-bond donors (Lipinski definition) is 2. The Morgan fingerprint density at radius 2 is 2.10 bits per heavy atom. The van der Waals surface area contributed by atoms with Crippen molar-refractivity contribution in [2.24, 2.45) is 0 Å². The van der Waals surface area contributed by atoms with E-state index >= 15 is 0 Å². The average molecular weight is 277 g/mol. The first-order valence-electron chi connectivity index (χ1n) is 6.00. The van der Waals surface area contributed by atoms with Gasteiger partial charge in [0.05, 0.1) is 5.56 Å². The third kappa shape index (κ3) is 2.71. The molecule has 1 amide bonds. The standard InChI is InChI=1S/C13H15N3O4/c1-7(11(17)16(2)3)14-13-15-9-5-4-8(12(18)19)6-10(9)20-13/h4-7H,1-3H3,(H,14,15)(H,18,19). The molecule has 0 radical (unpaired) electrons. The van der Waals surface area contributed by atoms with Crippen LogP contribution in [0, 0.1) is 0 Å². The Balaban J connectivity index is 2.24. The second-order valence-electron chi connectivity index (χ2n) is 4.61. The van der Waals surface area contributed by atoms with Gasteiger partial charge in [-0.15, -0.1) is 0 Å². The Bertz CT molecular complexity index is 663. The fraction of sp³-hybridized carbons (Fsp3) is 0.308. The molecule has 1 heterocycles. The molecule has 0 spiro atoms. The van der Waals surface area contributed by atoms with Crippen molar-refractivity contribution >= 4 is 29.0 Å². The normalized spacial score (nSPS) is 12.2. The lowest BCUT2D eigenvalue weighted by Crippen LogP contribution is -2.36. The van der Waals surface area contributed by atoms with E-state index in [1.807, 2.05) is 0 Å². The highest BCUT2D eigenvalue weighted by molar-refractivity contribution is 5.92. The predicted molar refractivity (Wildman–Crippen MR) is 72.7 cm³/mol. The predicted octanol–water partition coefficient (Wildman–Crippen LogP) is 1.41. The molecule has 0 bridgehead atoms. The van der Waals surface area contributed by atoms with Gasteiger partial charge in [-0.2, -0.15) is 4.98 Å². The Hall–Kier alpha value is -2.57. The van der Waals surface area contributed by atoms with Gasteiger partial charge in [-0.05, 0) is 25.1 Å². The molecule has 2 aromatic rings. The molecule has 106 valence electrons. The number of fused-ring (bicyclic) bond motifs is 1. The number of benzene rings is 1. The quantitative estimate of drug-likeness (QED) is 0.877. The van der Waals surface area contributed by atoms with Crippen LogP contribution in [0.4, 0.5) is 6.01 Å². The number of likely N-dealkylation sites (N-methyl/N-ethyl adjacent to an activating group) is 1. The summed E-state index contributed by atoms with van der Waals surface area (Å²) in [5.41, 5.74) is 1.01. The molecule has 0 aliphatic carbocycles. The molecule has 1 unspecified atom stereocenters. The number of carbonyl (C=O) groups excluding carboxylic acids is 1. The van der Waals surface area contributed by atoms with Crippen molar-refractivity contribution in [3.8, 4) is 0 Å². The number of aromatic carboxylic acids is 1. The van der Waals surface area contributed by atoms with Crippen LogP contribution in [0.2, 0.25) is 0 Å². The lowest BCUT2D eigenvalue weighted by molar-refractivity contribution is -0.129. The zero-order valence-electron chi connectivity index (χ0n) is 11.4. The Kier molecular flexibility index (Phi) is 3.60. The van der Waals surface area contributed by atoms with Crippen molar-refractivity contribution in [2.75, 3.05) is 19.4 Å². The number of aromatic nitrogens is 1. The Morgan fingerprint density at radius 1 is 1.40 bits per heavy atom. The molecule has 0 saturated carbocycles. The van der Waals surface area contributed by atoms with E-state index in [1.165, 1.54) is 17.0 Å². The monoisotopic (exact) mass is 277 g/mol. The molecule has 7 nitrogen and oxygen atoms in total. The molecular weight excluding hydrogens is 262 g/mol. The average Bonchev–Trinajstić information content (AvgIpc) is 2.78. The third-order valence-electron chi connectivity index (χ3n) is 2.79. The molecular formula is C13H15N3O4. The van der Waals surface area contributed by atoms with E-state index in [4.69, 9.17) is 9.52 Å². The van der Waals surface area contributed by atoms with Crippen molar-refractivity contribution in [3.63, 3.8) is 0 Å². The number of carbonyl (C=O) groups is 2. The van der Waals surface area contributed by atoms with Crippen LogP contribution in [0.5, 0.6) is 0 Å². The molecule has 2 rings (SSSR count). The number of amides is 1. The van der Waals surface area contributed by atoms with Crippen molar-refractivity contribution in [1.82, 2.24) is 9.88 Å². The summed E-state index contributed by atoms with van der Waals surface area (Å²) in [6, 6.07) is 4.10. The van der Waals surface area contributed by atoms with Gasteiger partial charge in [0.15, 0.2) is 5.58 Å². The number of nitrogens with zero attached hydrogens (tertiary/aromatic N) is 2. The van der Waals surface area contributed by atoms with E-state index in [-0.39, 0.29) is 17.5 Å². The van der Waals surface area contributed by atoms with Crippen LogP contribution in [0.1, 0.15) is 17.3 Å². The molecule has 1 aromatic carbocycles. The van der Waals surface area contributed by atoms with E-state index < -0.39 is 12.0 Å². The van der Waals surface area contributed by atoms with Crippen molar-refractivity contribution in [3.05, 3.63) is 23.8 Å². The minimum Gasteiger partial charge on any atom is -0.478 e. The van der Waals surface area contributed by atoms with E-state index in [2.05, 4.69) is 10.3 Å². The van der Waals surface area contributed by atoms with Crippen LogP contribution >= 0.6 is 0 Å². The van der Waals surface area contributed by atoms with Crippen LogP contribution in [0.25, 0.3) is 11.1 Å². The van der Waals surface area contributed by atoms with Gasteiger partial charge in [0, 0.05) is 14.1 Å². The molecule has 0 saturated heterocycles. The van der Waals surface area contributed by atoms with Crippen LogP contribution in [0.3, 0.4) is 0 Å². The van der Waals surface area contributed by atoms with E-state index in [9.17, 15) is 9.59 Å². The lowest BCUT2D eigenvalue weighted by Gasteiger charge is -2.16. The minimum absolute atomic E-state index is 0.113. The third-order valence-corrected chi connectivity index (χ3v) is 2.79. The summed E-state index contributed by atoms with van der Waals surface area (Å²) in [6.45, 7) is 1.69. The van der Waals surface area contributed by atoms with Gasteiger partial charge in [0.25, 0.3) is 6.01 Å². The lowest BCUT2D eigenvalue weighted by atomic mass is 10.2. The minimum atomic E-state index is -1.03. The first kappa shape index (κ1) is 13.9. The van der Waals surface area contributed by atoms with Crippen molar-refractivity contribution < 1.29 is 19.1 Å². The van der Waals surface area contributed by atoms with Gasteiger partial charge in [-0.1, -0.05) is 0 Å². The summed E-state index contributed by atoms with van der Waals surface area (Å²) in [5.74, 6) is -1.15. The highest BCUT2D eigenvalue weighted by Crippen LogP contribution is 2.20. The molecule has 1 aromatic heterocycles. The van der Waals surface area contributed by atoms with Crippen molar-refractivity contribution in [2.45, 2.75) is 13.0 Å². The summed E-state index contributed by atoms with van der Waals surface area (Å²) >= 11 is 0. The van der Waals surface area contributed by atoms with Gasteiger partial charge in [0.1, 0.15) is 11.6 Å². The summed E-state index contributed by atoms with van der Waals surface area (Å²) in [7, 11) is 3.32. The Morgan fingerprint density at radius 3 is 2.70 bits per heavy atom. The summed E-state index contributed by atoms with van der Waals surface area (Å²) < 4.78 is 5.40. The second kappa shape index (κ2) is 5.20. The van der Waals surface area contributed by atoms with Gasteiger partial charge in [0.2, 0.25) is 5.91 Å². The van der Waals surface area contributed by atoms with Gasteiger partial charge >= 0.3 is 5.97 Å². The molecule has 7 heteroatoms. The molecule has 0 aliphatic heterocycles. The smallest absolute Gasteiger partial charge is 0.335 e. The first-order chi connectivity index (χ1) is 9.38. The van der Waals surface area contributed by atoms with Gasteiger partial charge < -0.3 is 19.7 Å². The van der Waals surface area contributed by atoms with Crippen LogP contribution in [-0.2, 0) is 4.79 Å². The first-order valence-corrected chi connectivity index (χ1v) is 6.00. The largest absolute Gasteiger partial charge is 0.478 e. The number of carboxylic acids is 1. The van der Waals surface area contributed by atoms with E-state index in [0.717, 1.165) is 0 Å².